The van der Waals surface area contributed by atoms with Gasteiger partial charge in [0.2, 0.25) is 0 Å². The van der Waals surface area contributed by atoms with Crippen molar-refractivity contribution in [2.45, 2.75) is 90.1 Å². The van der Waals surface area contributed by atoms with E-state index >= 15 is 0 Å². The smallest absolute Gasteiger partial charge is 0.343 e. The van der Waals surface area contributed by atoms with E-state index in [1.807, 2.05) is 0 Å². The van der Waals surface area contributed by atoms with Crippen molar-refractivity contribution in [3.63, 3.8) is 0 Å². The number of carbonyl (C=O) groups is 2. The van der Waals surface area contributed by atoms with Crippen molar-refractivity contribution in [3.8, 4) is 5.75 Å². The van der Waals surface area contributed by atoms with Gasteiger partial charge in [-0.15, -0.1) is 0 Å². The van der Waals surface area contributed by atoms with Gasteiger partial charge in [0.25, 0.3) is 0 Å². The third-order valence-corrected chi connectivity index (χ3v) is 5.31. The molecule has 0 saturated carbocycles. The number of Topliss-reactive ketones (excluding diaryl/α,β-unsaturated/α-hetero) is 1. The third kappa shape index (κ3) is 6.37. The predicted molar refractivity (Wildman–Crippen MR) is 107 cm³/mol. The molecule has 2 rings (SSSR count). The maximum absolute atomic E-state index is 12.5. The number of fused-ring (bicyclic) bond motifs is 1. The van der Waals surface area contributed by atoms with Crippen LogP contribution in [-0.4, -0.2) is 18.9 Å². The molecule has 4 heteroatoms. The molecule has 4 nitrogen and oxygen atoms in total. The van der Waals surface area contributed by atoms with E-state index in [1.165, 1.54) is 64.9 Å². The molecule has 0 fully saturated rings. The average molecular weight is 375 g/mol. The first-order valence-electron chi connectivity index (χ1n) is 10.6. The maximum atomic E-state index is 12.5. The molecule has 0 aliphatic carbocycles. The fourth-order valence-corrected chi connectivity index (χ4v) is 3.72. The molecule has 1 aromatic rings. The highest BCUT2D eigenvalue weighted by Crippen LogP contribution is 2.37. The van der Waals surface area contributed by atoms with Crippen LogP contribution in [0.1, 0.15) is 106 Å². The summed E-state index contributed by atoms with van der Waals surface area (Å²) in [6, 6.07) is 5.30. The Balaban J connectivity index is 1.62. The van der Waals surface area contributed by atoms with Crippen LogP contribution in [-0.2, 0) is 9.53 Å². The van der Waals surface area contributed by atoms with Crippen LogP contribution in [0.3, 0.4) is 0 Å². The number of ketones is 1. The zero-order valence-electron chi connectivity index (χ0n) is 16.9. The zero-order chi connectivity index (χ0) is 19.5. The van der Waals surface area contributed by atoms with Gasteiger partial charge in [-0.05, 0) is 12.5 Å². The van der Waals surface area contributed by atoms with Crippen molar-refractivity contribution >= 4 is 11.8 Å². The van der Waals surface area contributed by atoms with Gasteiger partial charge in [0.1, 0.15) is 11.3 Å². The molecule has 0 bridgehead atoms. The normalized spacial score (nSPS) is 15.5. The number of rotatable bonds is 14. The Bertz CT molecular complexity index is 608. The highest BCUT2D eigenvalue weighted by Gasteiger charge is 2.37. The monoisotopic (exact) mass is 374 g/mol. The molecule has 1 atom stereocenters. The Morgan fingerprint density at radius 3 is 2.15 bits per heavy atom. The first kappa shape index (κ1) is 21.5. The SMILES string of the molecule is CCCCCCCCCCCCCC(=O)C1OC(=O)c2c(OC)cccc21. The van der Waals surface area contributed by atoms with Gasteiger partial charge >= 0.3 is 5.97 Å². The van der Waals surface area contributed by atoms with E-state index in [0.717, 1.165) is 12.8 Å². The Morgan fingerprint density at radius 1 is 0.963 bits per heavy atom. The molecule has 1 aromatic carbocycles. The van der Waals surface area contributed by atoms with Crippen LogP contribution in [0.5, 0.6) is 5.75 Å². The molecule has 1 aliphatic heterocycles. The highest BCUT2D eigenvalue weighted by molar-refractivity contribution is 6.02. The van der Waals surface area contributed by atoms with Gasteiger partial charge in [-0.2, -0.15) is 0 Å². The summed E-state index contributed by atoms with van der Waals surface area (Å²) < 4.78 is 10.5. The first-order valence-corrected chi connectivity index (χ1v) is 10.6. The van der Waals surface area contributed by atoms with Crippen LogP contribution in [0.4, 0.5) is 0 Å². The maximum Gasteiger partial charge on any atom is 0.343 e. The van der Waals surface area contributed by atoms with Crippen LogP contribution in [0, 0.1) is 0 Å². The first-order chi connectivity index (χ1) is 13.2. The van der Waals surface area contributed by atoms with Gasteiger partial charge in [-0.25, -0.2) is 4.79 Å². The van der Waals surface area contributed by atoms with Crippen LogP contribution in [0.15, 0.2) is 18.2 Å². The van der Waals surface area contributed by atoms with E-state index in [0.29, 0.717) is 23.3 Å². The quantitative estimate of drug-likeness (QED) is 0.288. The van der Waals surface area contributed by atoms with E-state index in [9.17, 15) is 9.59 Å². The lowest BCUT2D eigenvalue weighted by Crippen LogP contribution is -2.12. The van der Waals surface area contributed by atoms with Gasteiger partial charge < -0.3 is 9.47 Å². The number of methoxy groups -OCH3 is 1. The molecule has 1 unspecified atom stereocenters. The summed E-state index contributed by atoms with van der Waals surface area (Å²) in [6.07, 6.45) is 13.5. The van der Waals surface area contributed by atoms with Crippen molar-refractivity contribution in [2.75, 3.05) is 7.11 Å². The largest absolute Gasteiger partial charge is 0.496 e. The number of hydrogen-bond acceptors (Lipinski definition) is 4. The molecule has 150 valence electrons. The summed E-state index contributed by atoms with van der Waals surface area (Å²) in [7, 11) is 1.52. The molecule has 0 N–H and O–H groups in total. The van der Waals surface area contributed by atoms with Crippen LogP contribution >= 0.6 is 0 Å². The summed E-state index contributed by atoms with van der Waals surface area (Å²) in [5.41, 5.74) is 1.05. The number of unbranched alkanes of at least 4 members (excludes halogenated alkanes) is 10. The fraction of sp³-hybridized carbons (Fsp3) is 0.652. The van der Waals surface area contributed by atoms with Crippen LogP contribution in [0.2, 0.25) is 0 Å². The molecule has 0 radical (unpaired) electrons. The molecule has 0 saturated heterocycles. The average Bonchev–Trinajstić information content (AvgIpc) is 3.03. The minimum absolute atomic E-state index is 0.00808. The van der Waals surface area contributed by atoms with Crippen LogP contribution < -0.4 is 4.74 Å². The van der Waals surface area contributed by atoms with Crippen molar-refractivity contribution < 1.29 is 19.1 Å². The Morgan fingerprint density at radius 2 is 1.56 bits per heavy atom. The standard InChI is InChI=1S/C23H34O4/c1-3-4-5-6-7-8-9-10-11-12-13-16-19(24)22-18-15-14-17-20(26-2)21(18)23(25)27-22/h14-15,17,22H,3-13,16H2,1-2H3. The van der Waals surface area contributed by atoms with Gasteiger partial charge in [-0.3, -0.25) is 4.79 Å². The summed E-state index contributed by atoms with van der Waals surface area (Å²) in [4.78, 5) is 24.6. The summed E-state index contributed by atoms with van der Waals surface area (Å²) >= 11 is 0. The van der Waals surface area contributed by atoms with Crippen molar-refractivity contribution in [1.29, 1.82) is 0 Å². The zero-order valence-corrected chi connectivity index (χ0v) is 16.9. The molecule has 0 amide bonds. The number of esters is 1. The third-order valence-electron chi connectivity index (χ3n) is 5.31. The van der Waals surface area contributed by atoms with Gasteiger partial charge in [-0.1, -0.05) is 83.3 Å². The lowest BCUT2D eigenvalue weighted by molar-refractivity contribution is -0.127. The molecule has 1 aliphatic rings. The van der Waals surface area contributed by atoms with E-state index in [1.54, 1.807) is 18.2 Å². The molecule has 0 aromatic heterocycles. The summed E-state index contributed by atoms with van der Waals surface area (Å²) in [6.45, 7) is 2.25. The highest BCUT2D eigenvalue weighted by atomic mass is 16.6. The lowest BCUT2D eigenvalue weighted by Gasteiger charge is -2.09. The van der Waals surface area contributed by atoms with E-state index in [4.69, 9.17) is 9.47 Å². The second-order valence-electron chi connectivity index (χ2n) is 7.46. The minimum Gasteiger partial charge on any atom is -0.496 e. The van der Waals surface area contributed by atoms with Crippen molar-refractivity contribution in [1.82, 2.24) is 0 Å². The molecular formula is C23H34O4. The van der Waals surface area contributed by atoms with Gasteiger partial charge in [0, 0.05) is 12.0 Å². The van der Waals surface area contributed by atoms with E-state index in [-0.39, 0.29) is 5.78 Å². The molecule has 27 heavy (non-hydrogen) atoms. The molecule has 1 heterocycles. The predicted octanol–water partition coefficient (Wildman–Crippen LogP) is 6.18. The second-order valence-corrected chi connectivity index (χ2v) is 7.46. The van der Waals surface area contributed by atoms with E-state index < -0.39 is 12.1 Å². The molecular weight excluding hydrogens is 340 g/mol. The van der Waals surface area contributed by atoms with Crippen LogP contribution in [0.25, 0.3) is 0 Å². The summed E-state index contributed by atoms with van der Waals surface area (Å²) in [5, 5.41) is 0. The number of carbonyl (C=O) groups excluding carboxylic acids is 2. The lowest BCUT2D eigenvalue weighted by atomic mass is 9.98. The van der Waals surface area contributed by atoms with Gasteiger partial charge in [0.15, 0.2) is 11.9 Å². The number of ether oxygens (including phenoxy) is 2. The number of hydrogen-bond donors (Lipinski definition) is 0. The summed E-state index contributed by atoms with van der Waals surface area (Å²) in [5.74, 6) is 0.00788. The Hall–Kier alpha value is -1.84. The topological polar surface area (TPSA) is 52.6 Å². The fourth-order valence-electron chi connectivity index (χ4n) is 3.72. The van der Waals surface area contributed by atoms with Gasteiger partial charge in [0.05, 0.1) is 7.11 Å². The second kappa shape index (κ2) is 11.8. The van der Waals surface area contributed by atoms with E-state index in [2.05, 4.69) is 6.92 Å². The number of benzene rings is 1. The molecule has 0 spiro atoms. The Labute approximate surface area is 163 Å². The van der Waals surface area contributed by atoms with Crippen molar-refractivity contribution in [3.05, 3.63) is 29.3 Å². The number of cyclic esters (lactones) is 1. The van der Waals surface area contributed by atoms with Crippen molar-refractivity contribution in [2.24, 2.45) is 0 Å². The minimum atomic E-state index is -0.759. The Kier molecular flexibility index (Phi) is 9.37.